The fourth-order valence-corrected chi connectivity index (χ4v) is 4.77. The summed E-state index contributed by atoms with van der Waals surface area (Å²) in [6.07, 6.45) is 3.00. The summed E-state index contributed by atoms with van der Waals surface area (Å²) in [6, 6.07) is 6.97. The van der Waals surface area contributed by atoms with Crippen molar-refractivity contribution < 1.29 is 8.42 Å². The van der Waals surface area contributed by atoms with Gasteiger partial charge in [0.15, 0.2) is 0 Å². The number of benzene rings is 1. The molecule has 2 rings (SSSR count). The summed E-state index contributed by atoms with van der Waals surface area (Å²) in [6.45, 7) is 4.60. The summed E-state index contributed by atoms with van der Waals surface area (Å²) in [5, 5.41) is 0. The molecule has 3 N–H and O–H groups in total. The molecule has 5 heteroatoms. The van der Waals surface area contributed by atoms with Crippen LogP contribution in [-0.2, 0) is 16.6 Å². The molecule has 0 saturated heterocycles. The second kappa shape index (κ2) is 6.24. The summed E-state index contributed by atoms with van der Waals surface area (Å²) < 4.78 is 27.9. The molecular formula is C15H24N2O2S. The molecule has 0 spiro atoms. The number of hydrogen-bond acceptors (Lipinski definition) is 3. The third-order valence-corrected chi connectivity index (χ3v) is 5.60. The highest BCUT2D eigenvalue weighted by atomic mass is 32.2. The lowest BCUT2D eigenvalue weighted by Crippen LogP contribution is -2.40. The Kier molecular flexibility index (Phi) is 4.83. The van der Waals surface area contributed by atoms with Gasteiger partial charge in [-0.15, -0.1) is 0 Å². The second-order valence-electron chi connectivity index (χ2n) is 6.05. The van der Waals surface area contributed by atoms with Crippen LogP contribution in [0.5, 0.6) is 0 Å². The standard InChI is InChI=1S/C15H24N2O2S/c1-11-7-12(2)9-14(8-11)17-20(18,19)15-6-4-3-5-13(15)10-16/h3-6,11-12,14,17H,7-10,16H2,1-2H3. The minimum Gasteiger partial charge on any atom is -0.326 e. The first-order chi connectivity index (χ1) is 9.42. The van der Waals surface area contributed by atoms with Gasteiger partial charge in [-0.1, -0.05) is 32.0 Å². The summed E-state index contributed by atoms with van der Waals surface area (Å²) in [7, 11) is -3.48. The molecule has 0 aromatic heterocycles. The van der Waals surface area contributed by atoms with Gasteiger partial charge in [-0.25, -0.2) is 13.1 Å². The van der Waals surface area contributed by atoms with E-state index in [9.17, 15) is 8.42 Å². The topological polar surface area (TPSA) is 72.2 Å². The second-order valence-corrected chi connectivity index (χ2v) is 7.73. The molecule has 2 atom stereocenters. The molecule has 1 fully saturated rings. The first-order valence-electron chi connectivity index (χ1n) is 7.22. The van der Waals surface area contributed by atoms with E-state index in [-0.39, 0.29) is 12.6 Å². The molecular weight excluding hydrogens is 272 g/mol. The van der Waals surface area contributed by atoms with E-state index in [2.05, 4.69) is 18.6 Å². The molecule has 20 heavy (non-hydrogen) atoms. The zero-order valence-electron chi connectivity index (χ0n) is 12.2. The normalized spacial score (nSPS) is 27.4. The van der Waals surface area contributed by atoms with E-state index in [0.717, 1.165) is 12.8 Å². The van der Waals surface area contributed by atoms with Crippen LogP contribution in [0, 0.1) is 11.8 Å². The lowest BCUT2D eigenvalue weighted by atomic mass is 9.81. The highest BCUT2D eigenvalue weighted by Crippen LogP contribution is 2.29. The molecule has 0 amide bonds. The van der Waals surface area contributed by atoms with Gasteiger partial charge in [-0.05, 0) is 42.7 Å². The summed E-state index contributed by atoms with van der Waals surface area (Å²) in [5.74, 6) is 1.13. The highest BCUT2D eigenvalue weighted by Gasteiger charge is 2.28. The number of nitrogens with one attached hydrogen (secondary N) is 1. The zero-order chi connectivity index (χ0) is 14.8. The van der Waals surface area contributed by atoms with E-state index in [1.54, 1.807) is 18.2 Å². The summed E-state index contributed by atoms with van der Waals surface area (Å²) in [4.78, 5) is 0.313. The fourth-order valence-electron chi connectivity index (χ4n) is 3.26. The van der Waals surface area contributed by atoms with Gasteiger partial charge < -0.3 is 5.73 Å². The predicted molar refractivity (Wildman–Crippen MR) is 80.6 cm³/mol. The van der Waals surface area contributed by atoms with Crippen LogP contribution in [0.3, 0.4) is 0 Å². The molecule has 1 aliphatic rings. The van der Waals surface area contributed by atoms with Crippen LogP contribution in [-0.4, -0.2) is 14.5 Å². The minimum absolute atomic E-state index is 0.0320. The number of hydrogen-bond donors (Lipinski definition) is 2. The Morgan fingerprint density at radius 1 is 1.15 bits per heavy atom. The highest BCUT2D eigenvalue weighted by molar-refractivity contribution is 7.89. The Morgan fingerprint density at radius 2 is 1.75 bits per heavy atom. The molecule has 0 bridgehead atoms. The zero-order valence-corrected chi connectivity index (χ0v) is 13.0. The molecule has 4 nitrogen and oxygen atoms in total. The molecule has 112 valence electrons. The van der Waals surface area contributed by atoms with Gasteiger partial charge in [0.2, 0.25) is 10.0 Å². The van der Waals surface area contributed by atoms with Crippen LogP contribution in [0.2, 0.25) is 0 Å². The van der Waals surface area contributed by atoms with Gasteiger partial charge in [0.25, 0.3) is 0 Å². The maximum Gasteiger partial charge on any atom is 0.241 e. The average molecular weight is 296 g/mol. The molecule has 0 radical (unpaired) electrons. The predicted octanol–water partition coefficient (Wildman–Crippen LogP) is 2.25. The maximum absolute atomic E-state index is 12.5. The van der Waals surface area contributed by atoms with E-state index >= 15 is 0 Å². The quantitative estimate of drug-likeness (QED) is 0.895. The van der Waals surface area contributed by atoms with Crippen LogP contribution in [0.4, 0.5) is 0 Å². The minimum atomic E-state index is -3.48. The Labute approximate surface area is 121 Å². The maximum atomic E-state index is 12.5. The first-order valence-corrected chi connectivity index (χ1v) is 8.71. The van der Waals surface area contributed by atoms with Gasteiger partial charge in [-0.2, -0.15) is 0 Å². The number of sulfonamides is 1. The van der Waals surface area contributed by atoms with Crippen LogP contribution < -0.4 is 10.5 Å². The largest absolute Gasteiger partial charge is 0.326 e. The smallest absolute Gasteiger partial charge is 0.241 e. The molecule has 0 heterocycles. The Morgan fingerprint density at radius 3 is 2.35 bits per heavy atom. The van der Waals surface area contributed by atoms with Crippen molar-refractivity contribution in [1.29, 1.82) is 0 Å². The first kappa shape index (κ1) is 15.5. The van der Waals surface area contributed by atoms with Crippen molar-refractivity contribution in [2.24, 2.45) is 17.6 Å². The van der Waals surface area contributed by atoms with E-state index < -0.39 is 10.0 Å². The van der Waals surface area contributed by atoms with Gasteiger partial charge in [-0.3, -0.25) is 0 Å². The van der Waals surface area contributed by atoms with E-state index in [1.165, 1.54) is 6.42 Å². The third-order valence-electron chi connectivity index (χ3n) is 3.98. The van der Waals surface area contributed by atoms with Crippen molar-refractivity contribution in [2.45, 2.75) is 50.6 Å². The van der Waals surface area contributed by atoms with Gasteiger partial charge >= 0.3 is 0 Å². The average Bonchev–Trinajstić information content (AvgIpc) is 2.36. The molecule has 1 saturated carbocycles. The lowest BCUT2D eigenvalue weighted by molar-refractivity contribution is 0.257. The van der Waals surface area contributed by atoms with Crippen molar-refractivity contribution in [1.82, 2.24) is 4.72 Å². The molecule has 2 unspecified atom stereocenters. The Hall–Kier alpha value is -0.910. The monoisotopic (exact) mass is 296 g/mol. The molecule has 1 aromatic carbocycles. The van der Waals surface area contributed by atoms with E-state index in [4.69, 9.17) is 5.73 Å². The number of nitrogens with two attached hydrogens (primary N) is 1. The Balaban J connectivity index is 2.19. The van der Waals surface area contributed by atoms with Crippen molar-refractivity contribution in [3.05, 3.63) is 29.8 Å². The Bertz CT molecular complexity index is 547. The lowest BCUT2D eigenvalue weighted by Gasteiger charge is -2.31. The molecule has 1 aromatic rings. The van der Waals surface area contributed by atoms with Crippen molar-refractivity contribution in [2.75, 3.05) is 0 Å². The third kappa shape index (κ3) is 3.59. The SMILES string of the molecule is CC1CC(C)CC(NS(=O)(=O)c2ccccc2CN)C1. The van der Waals surface area contributed by atoms with E-state index in [1.807, 2.05) is 6.07 Å². The van der Waals surface area contributed by atoms with Crippen LogP contribution in [0.25, 0.3) is 0 Å². The van der Waals surface area contributed by atoms with Crippen molar-refractivity contribution in [3.63, 3.8) is 0 Å². The van der Waals surface area contributed by atoms with Crippen LogP contribution in [0.1, 0.15) is 38.7 Å². The van der Waals surface area contributed by atoms with Crippen molar-refractivity contribution >= 4 is 10.0 Å². The molecule has 1 aliphatic carbocycles. The van der Waals surface area contributed by atoms with Gasteiger partial charge in [0, 0.05) is 12.6 Å². The van der Waals surface area contributed by atoms with E-state index in [0.29, 0.717) is 22.3 Å². The van der Waals surface area contributed by atoms with Crippen LogP contribution >= 0.6 is 0 Å². The van der Waals surface area contributed by atoms with Crippen molar-refractivity contribution in [3.8, 4) is 0 Å². The molecule has 0 aliphatic heterocycles. The number of rotatable bonds is 4. The fraction of sp³-hybridized carbons (Fsp3) is 0.600. The van der Waals surface area contributed by atoms with Gasteiger partial charge in [0.1, 0.15) is 0 Å². The van der Waals surface area contributed by atoms with Gasteiger partial charge in [0.05, 0.1) is 4.90 Å². The summed E-state index contributed by atoms with van der Waals surface area (Å²) in [5.41, 5.74) is 6.30. The van der Waals surface area contributed by atoms with Crippen LogP contribution in [0.15, 0.2) is 29.2 Å². The summed E-state index contributed by atoms with van der Waals surface area (Å²) >= 11 is 0.